The van der Waals surface area contributed by atoms with Crippen molar-refractivity contribution in [1.29, 1.82) is 0 Å². The maximum atomic E-state index is 11.9. The van der Waals surface area contributed by atoms with E-state index in [1.807, 2.05) is 0 Å². The van der Waals surface area contributed by atoms with Crippen LogP contribution >= 0.6 is 0 Å². The molecule has 0 radical (unpaired) electrons. The maximum Gasteiger partial charge on any atom is 0.305 e. The molecular weight excluding hydrogens is 552 g/mol. The van der Waals surface area contributed by atoms with Crippen molar-refractivity contribution < 1.29 is 28.5 Å². The van der Waals surface area contributed by atoms with E-state index in [0.717, 1.165) is 38.5 Å². The molecule has 0 aromatic carbocycles. The molecule has 2 aliphatic heterocycles. The monoisotopic (exact) mass is 623 g/mol. The SMILES string of the molecule is CCCCCCCCC1OC1CCCCCCCC(=O)OCCOC(=O)CCCCCCCC1OC1CCCCCCCC. The summed E-state index contributed by atoms with van der Waals surface area (Å²) in [6.45, 7) is 4.85. The number of hydrogen-bond acceptors (Lipinski definition) is 6. The molecule has 6 heteroatoms. The van der Waals surface area contributed by atoms with Crippen LogP contribution in [0, 0.1) is 0 Å². The molecule has 2 aliphatic rings. The fourth-order valence-corrected chi connectivity index (χ4v) is 6.37. The Morgan fingerprint density at radius 3 is 1.00 bits per heavy atom. The highest BCUT2D eigenvalue weighted by atomic mass is 16.6. The van der Waals surface area contributed by atoms with Gasteiger partial charge in [-0.1, -0.05) is 142 Å². The topological polar surface area (TPSA) is 77.7 Å². The summed E-state index contributed by atoms with van der Waals surface area (Å²) < 4.78 is 22.1. The highest BCUT2D eigenvalue weighted by molar-refractivity contribution is 5.70. The van der Waals surface area contributed by atoms with E-state index in [4.69, 9.17) is 18.9 Å². The van der Waals surface area contributed by atoms with Gasteiger partial charge < -0.3 is 18.9 Å². The van der Waals surface area contributed by atoms with Gasteiger partial charge in [-0.3, -0.25) is 9.59 Å². The summed E-state index contributed by atoms with van der Waals surface area (Å²) in [4.78, 5) is 23.9. The van der Waals surface area contributed by atoms with Crippen LogP contribution in [-0.4, -0.2) is 49.6 Å². The van der Waals surface area contributed by atoms with Gasteiger partial charge in [0.2, 0.25) is 0 Å². The number of esters is 2. The summed E-state index contributed by atoms with van der Waals surface area (Å²) in [6.07, 6.45) is 35.2. The molecule has 4 unspecified atom stereocenters. The normalized spacial score (nSPS) is 20.5. The molecule has 0 aromatic rings. The summed E-state index contributed by atoms with van der Waals surface area (Å²) >= 11 is 0. The van der Waals surface area contributed by atoms with Crippen LogP contribution in [0.15, 0.2) is 0 Å². The van der Waals surface area contributed by atoms with Crippen molar-refractivity contribution >= 4 is 11.9 Å². The second kappa shape index (κ2) is 27.0. The van der Waals surface area contributed by atoms with E-state index < -0.39 is 0 Å². The average Bonchev–Trinajstić information content (AvgIpc) is 3.95. The summed E-state index contributed by atoms with van der Waals surface area (Å²) in [5.41, 5.74) is 0. The lowest BCUT2D eigenvalue weighted by atomic mass is 10.0. The van der Waals surface area contributed by atoms with Crippen LogP contribution in [-0.2, 0) is 28.5 Å². The van der Waals surface area contributed by atoms with Gasteiger partial charge in [-0.05, 0) is 38.5 Å². The predicted molar refractivity (Wildman–Crippen MR) is 180 cm³/mol. The summed E-state index contributed by atoms with van der Waals surface area (Å²) in [6, 6.07) is 0. The van der Waals surface area contributed by atoms with Crippen LogP contribution < -0.4 is 0 Å². The molecular formula is C38H70O6. The van der Waals surface area contributed by atoms with Crippen LogP contribution in [0.1, 0.15) is 194 Å². The first-order valence-corrected chi connectivity index (χ1v) is 19.3. The first-order chi connectivity index (χ1) is 21.6. The van der Waals surface area contributed by atoms with E-state index >= 15 is 0 Å². The molecule has 2 heterocycles. The third kappa shape index (κ3) is 22.4. The Morgan fingerprint density at radius 1 is 0.409 bits per heavy atom. The number of rotatable bonds is 33. The standard InChI is InChI=1S/C38H70O6/c1-3-5-7-9-13-19-25-33-35(43-33)27-21-15-11-17-23-29-37(39)41-31-32-42-38(40)30-24-18-12-16-22-28-36-34(44-36)26-20-14-10-8-6-4-2/h33-36H,3-32H2,1-2H3. The number of carbonyl (C=O) groups is 2. The second-order valence-electron chi connectivity index (χ2n) is 13.6. The first-order valence-electron chi connectivity index (χ1n) is 19.3. The van der Waals surface area contributed by atoms with Crippen LogP contribution in [0.25, 0.3) is 0 Å². The molecule has 0 spiro atoms. The van der Waals surface area contributed by atoms with Crippen molar-refractivity contribution in [3.8, 4) is 0 Å². The third-order valence-corrected chi connectivity index (χ3v) is 9.41. The number of hydrogen-bond donors (Lipinski definition) is 0. The molecule has 2 saturated heterocycles. The smallest absolute Gasteiger partial charge is 0.305 e. The van der Waals surface area contributed by atoms with Gasteiger partial charge in [-0.2, -0.15) is 0 Å². The minimum absolute atomic E-state index is 0.162. The fraction of sp³-hybridized carbons (Fsp3) is 0.947. The van der Waals surface area contributed by atoms with E-state index in [0.29, 0.717) is 37.3 Å². The predicted octanol–water partition coefficient (Wildman–Crippen LogP) is 10.6. The minimum atomic E-state index is -0.185. The molecule has 0 aliphatic carbocycles. The van der Waals surface area contributed by atoms with Crippen LogP contribution in [0.5, 0.6) is 0 Å². The zero-order valence-corrected chi connectivity index (χ0v) is 29.0. The summed E-state index contributed by atoms with van der Waals surface area (Å²) in [5, 5.41) is 0. The third-order valence-electron chi connectivity index (χ3n) is 9.41. The lowest BCUT2D eigenvalue weighted by molar-refractivity contribution is -0.152. The van der Waals surface area contributed by atoms with Gasteiger partial charge in [0.25, 0.3) is 0 Å². The number of carbonyl (C=O) groups excluding carboxylic acids is 2. The van der Waals surface area contributed by atoms with Gasteiger partial charge in [0, 0.05) is 12.8 Å². The van der Waals surface area contributed by atoms with Crippen molar-refractivity contribution in [3.63, 3.8) is 0 Å². The molecule has 0 N–H and O–H groups in total. The lowest BCUT2D eigenvalue weighted by Gasteiger charge is -2.07. The number of epoxide rings is 2. The van der Waals surface area contributed by atoms with Crippen molar-refractivity contribution in [1.82, 2.24) is 0 Å². The largest absolute Gasteiger partial charge is 0.462 e. The van der Waals surface area contributed by atoms with Crippen molar-refractivity contribution in [2.45, 2.75) is 218 Å². The maximum absolute atomic E-state index is 11.9. The van der Waals surface area contributed by atoms with Crippen molar-refractivity contribution in [2.75, 3.05) is 13.2 Å². The van der Waals surface area contributed by atoms with Gasteiger partial charge in [0.05, 0.1) is 24.4 Å². The van der Waals surface area contributed by atoms with Gasteiger partial charge >= 0.3 is 11.9 Å². The Hall–Kier alpha value is -1.14. The second-order valence-corrected chi connectivity index (χ2v) is 13.6. The van der Waals surface area contributed by atoms with E-state index in [-0.39, 0.29) is 25.2 Å². The average molecular weight is 623 g/mol. The highest BCUT2D eigenvalue weighted by Crippen LogP contribution is 2.33. The van der Waals surface area contributed by atoms with Gasteiger partial charge in [-0.15, -0.1) is 0 Å². The first kappa shape index (κ1) is 39.0. The summed E-state index contributed by atoms with van der Waals surface area (Å²) in [7, 11) is 0. The van der Waals surface area contributed by atoms with Gasteiger partial charge in [0.15, 0.2) is 0 Å². The molecule has 2 fully saturated rings. The van der Waals surface area contributed by atoms with Crippen LogP contribution in [0.2, 0.25) is 0 Å². The molecule has 0 bridgehead atoms. The Bertz CT molecular complexity index is 639. The van der Waals surface area contributed by atoms with Gasteiger partial charge in [0.1, 0.15) is 13.2 Å². The molecule has 258 valence electrons. The molecule has 44 heavy (non-hydrogen) atoms. The van der Waals surface area contributed by atoms with E-state index in [9.17, 15) is 9.59 Å². The van der Waals surface area contributed by atoms with Crippen LogP contribution in [0.3, 0.4) is 0 Å². The van der Waals surface area contributed by atoms with Crippen molar-refractivity contribution in [3.05, 3.63) is 0 Å². The Balaban J connectivity index is 1.24. The Morgan fingerprint density at radius 2 is 0.682 bits per heavy atom. The number of ether oxygens (including phenoxy) is 4. The van der Waals surface area contributed by atoms with Crippen molar-refractivity contribution in [2.24, 2.45) is 0 Å². The Kier molecular flexibility index (Phi) is 24.0. The molecule has 4 atom stereocenters. The molecule has 0 aromatic heterocycles. The molecule has 0 saturated carbocycles. The fourth-order valence-electron chi connectivity index (χ4n) is 6.37. The molecule has 6 nitrogen and oxygen atoms in total. The highest BCUT2D eigenvalue weighted by Gasteiger charge is 2.37. The number of unbranched alkanes of at least 4 members (excludes halogenated alkanes) is 18. The zero-order valence-electron chi connectivity index (χ0n) is 29.0. The molecule has 2 rings (SSSR count). The van der Waals surface area contributed by atoms with E-state index in [1.165, 1.54) is 128 Å². The Labute approximate surface area is 271 Å². The minimum Gasteiger partial charge on any atom is -0.462 e. The lowest BCUT2D eigenvalue weighted by Crippen LogP contribution is -2.13. The summed E-state index contributed by atoms with van der Waals surface area (Å²) in [5.74, 6) is -0.370. The molecule has 0 amide bonds. The quantitative estimate of drug-likeness (QED) is 0.0412. The van der Waals surface area contributed by atoms with Crippen LogP contribution in [0.4, 0.5) is 0 Å². The van der Waals surface area contributed by atoms with Gasteiger partial charge in [-0.25, -0.2) is 0 Å². The zero-order chi connectivity index (χ0) is 31.5. The van der Waals surface area contributed by atoms with E-state index in [2.05, 4.69) is 13.8 Å². The van der Waals surface area contributed by atoms with E-state index in [1.54, 1.807) is 0 Å².